The summed E-state index contributed by atoms with van der Waals surface area (Å²) in [6.07, 6.45) is 4.43. The molecule has 1 heterocycles. The number of carbonyl (C=O) groups excluding carboxylic acids is 1. The lowest BCUT2D eigenvalue weighted by Gasteiger charge is -2.12. The Morgan fingerprint density at radius 1 is 1.26 bits per heavy atom. The molecule has 23 heavy (non-hydrogen) atoms. The topological polar surface area (TPSA) is 101 Å². The van der Waals surface area contributed by atoms with E-state index in [-0.39, 0.29) is 29.8 Å². The molecule has 1 amide bonds. The van der Waals surface area contributed by atoms with Gasteiger partial charge in [0.2, 0.25) is 15.9 Å². The third-order valence-electron chi connectivity index (χ3n) is 3.90. The number of rotatable bonds is 6. The number of amides is 1. The van der Waals surface area contributed by atoms with Crippen LogP contribution in [0.1, 0.15) is 32.1 Å². The maximum atomic E-state index is 12.4. The van der Waals surface area contributed by atoms with E-state index in [1.807, 2.05) is 0 Å². The lowest BCUT2D eigenvalue weighted by atomic mass is 10.2. The van der Waals surface area contributed by atoms with Crippen LogP contribution < -0.4 is 10.0 Å². The average molecular weight is 354 g/mol. The van der Waals surface area contributed by atoms with E-state index in [1.54, 1.807) is 12.1 Å². The molecule has 0 atom stereocenters. The van der Waals surface area contributed by atoms with Crippen LogP contribution in [0.5, 0.6) is 0 Å². The number of sulfonamides is 1. The minimum atomic E-state index is -3.71. The predicted octanol–water partition coefficient (Wildman–Crippen LogP) is 1.42. The van der Waals surface area contributed by atoms with Crippen LogP contribution in [0.2, 0.25) is 0 Å². The van der Waals surface area contributed by atoms with Gasteiger partial charge in [-0.1, -0.05) is 18.9 Å². The minimum absolute atomic E-state index is 0.0643. The van der Waals surface area contributed by atoms with E-state index in [4.69, 9.17) is 0 Å². The van der Waals surface area contributed by atoms with Gasteiger partial charge < -0.3 is 5.32 Å². The molecule has 0 radical (unpaired) electrons. The normalized spacial score (nSPS) is 16.0. The highest BCUT2D eigenvalue weighted by Crippen LogP contribution is 2.21. The van der Waals surface area contributed by atoms with Crippen LogP contribution in [0.25, 0.3) is 11.0 Å². The minimum Gasteiger partial charge on any atom is -0.353 e. The van der Waals surface area contributed by atoms with Crippen LogP contribution in [-0.2, 0) is 14.8 Å². The third-order valence-corrected chi connectivity index (χ3v) is 5.94. The zero-order chi connectivity index (χ0) is 16.3. The van der Waals surface area contributed by atoms with E-state index in [0.29, 0.717) is 11.0 Å². The van der Waals surface area contributed by atoms with Gasteiger partial charge in [-0.25, -0.2) is 13.1 Å². The fourth-order valence-corrected chi connectivity index (χ4v) is 4.54. The number of benzene rings is 1. The Bertz CT molecular complexity index is 797. The average Bonchev–Trinajstić information content (AvgIpc) is 3.17. The number of hydrogen-bond acceptors (Lipinski definition) is 6. The molecule has 1 aliphatic rings. The van der Waals surface area contributed by atoms with Crippen LogP contribution in [0.3, 0.4) is 0 Å². The standard InChI is InChI=1S/C14H18N4O3S2/c19-13(16-10-4-1-2-5-10)8-9-15-23(20,21)12-7-3-6-11-14(12)18-22-17-11/h3,6-7,10,15H,1-2,4-5,8-9H2,(H,16,19). The first-order valence-corrected chi connectivity index (χ1v) is 9.78. The summed E-state index contributed by atoms with van der Waals surface area (Å²) in [6, 6.07) is 5.08. The molecule has 9 heteroatoms. The van der Waals surface area contributed by atoms with E-state index in [1.165, 1.54) is 6.07 Å². The van der Waals surface area contributed by atoms with Gasteiger partial charge in [-0.2, -0.15) is 8.75 Å². The summed E-state index contributed by atoms with van der Waals surface area (Å²) in [6.45, 7) is 0.0643. The number of nitrogens with one attached hydrogen (secondary N) is 2. The summed E-state index contributed by atoms with van der Waals surface area (Å²) in [5.41, 5.74) is 0.914. The second-order valence-corrected chi connectivity index (χ2v) is 7.85. The SMILES string of the molecule is O=C(CCNS(=O)(=O)c1cccc2nsnc12)NC1CCCC1. The highest BCUT2D eigenvalue weighted by Gasteiger charge is 2.20. The van der Waals surface area contributed by atoms with Crippen LogP contribution in [0.15, 0.2) is 23.1 Å². The van der Waals surface area contributed by atoms with Gasteiger partial charge >= 0.3 is 0 Å². The van der Waals surface area contributed by atoms with Crippen molar-refractivity contribution in [3.63, 3.8) is 0 Å². The molecule has 1 fully saturated rings. The Morgan fingerprint density at radius 3 is 2.83 bits per heavy atom. The van der Waals surface area contributed by atoms with Crippen molar-refractivity contribution in [1.82, 2.24) is 18.8 Å². The summed E-state index contributed by atoms with van der Waals surface area (Å²) >= 11 is 0.973. The smallest absolute Gasteiger partial charge is 0.242 e. The first-order valence-electron chi connectivity index (χ1n) is 7.56. The molecule has 0 spiro atoms. The Hall–Kier alpha value is -1.58. The lowest BCUT2D eigenvalue weighted by Crippen LogP contribution is -2.35. The van der Waals surface area contributed by atoms with E-state index < -0.39 is 10.0 Å². The third kappa shape index (κ3) is 3.85. The molecule has 0 aliphatic heterocycles. The Morgan fingerprint density at radius 2 is 2.04 bits per heavy atom. The van der Waals surface area contributed by atoms with E-state index in [2.05, 4.69) is 18.8 Å². The summed E-state index contributed by atoms with van der Waals surface area (Å²) in [5, 5.41) is 2.94. The number of hydrogen-bond donors (Lipinski definition) is 2. The highest BCUT2D eigenvalue weighted by atomic mass is 32.2. The molecular weight excluding hydrogens is 336 g/mol. The molecule has 1 aliphatic carbocycles. The largest absolute Gasteiger partial charge is 0.353 e. The molecule has 0 unspecified atom stereocenters. The molecule has 2 N–H and O–H groups in total. The van der Waals surface area contributed by atoms with Gasteiger partial charge in [0, 0.05) is 19.0 Å². The molecular formula is C14H18N4O3S2. The zero-order valence-corrected chi connectivity index (χ0v) is 14.1. The number of fused-ring (bicyclic) bond motifs is 1. The Labute approximate surface area is 138 Å². The summed E-state index contributed by atoms with van der Waals surface area (Å²) in [4.78, 5) is 11.9. The first-order chi connectivity index (χ1) is 11.1. The van der Waals surface area contributed by atoms with Crippen molar-refractivity contribution in [2.75, 3.05) is 6.54 Å². The summed E-state index contributed by atoms with van der Waals surface area (Å²) in [7, 11) is -3.71. The molecule has 124 valence electrons. The molecule has 2 aromatic rings. The van der Waals surface area contributed by atoms with Gasteiger partial charge in [-0.3, -0.25) is 4.79 Å². The summed E-state index contributed by atoms with van der Waals surface area (Å²) in [5.74, 6) is -0.117. The highest BCUT2D eigenvalue weighted by molar-refractivity contribution is 7.89. The van der Waals surface area contributed by atoms with Gasteiger partial charge in [-0.05, 0) is 25.0 Å². The van der Waals surface area contributed by atoms with E-state index >= 15 is 0 Å². The molecule has 7 nitrogen and oxygen atoms in total. The van der Waals surface area contributed by atoms with Crippen molar-refractivity contribution >= 4 is 38.7 Å². The van der Waals surface area contributed by atoms with Gasteiger partial charge in [0.15, 0.2) is 0 Å². The molecule has 1 saturated carbocycles. The monoisotopic (exact) mass is 354 g/mol. The van der Waals surface area contributed by atoms with Crippen molar-refractivity contribution in [1.29, 1.82) is 0 Å². The fourth-order valence-electron chi connectivity index (χ4n) is 2.74. The Balaban J connectivity index is 1.58. The van der Waals surface area contributed by atoms with Gasteiger partial charge in [0.1, 0.15) is 15.9 Å². The molecule has 3 rings (SSSR count). The van der Waals surface area contributed by atoms with Crippen molar-refractivity contribution in [2.24, 2.45) is 0 Å². The lowest BCUT2D eigenvalue weighted by molar-refractivity contribution is -0.121. The molecule has 1 aromatic carbocycles. The van der Waals surface area contributed by atoms with Gasteiger partial charge in [-0.15, -0.1) is 0 Å². The fraction of sp³-hybridized carbons (Fsp3) is 0.500. The number of carbonyl (C=O) groups is 1. The molecule has 0 saturated heterocycles. The van der Waals surface area contributed by atoms with Crippen LogP contribution in [0.4, 0.5) is 0 Å². The van der Waals surface area contributed by atoms with Gasteiger partial charge in [0.25, 0.3) is 0 Å². The van der Waals surface area contributed by atoms with E-state index in [9.17, 15) is 13.2 Å². The maximum Gasteiger partial charge on any atom is 0.242 e. The van der Waals surface area contributed by atoms with Crippen LogP contribution in [0, 0.1) is 0 Å². The van der Waals surface area contributed by atoms with Crippen molar-refractivity contribution in [3.8, 4) is 0 Å². The first kappa shape index (κ1) is 16.3. The van der Waals surface area contributed by atoms with Gasteiger partial charge in [0.05, 0.1) is 11.7 Å². The quantitative estimate of drug-likeness (QED) is 0.817. The van der Waals surface area contributed by atoms with Crippen molar-refractivity contribution < 1.29 is 13.2 Å². The zero-order valence-electron chi connectivity index (χ0n) is 12.5. The van der Waals surface area contributed by atoms with E-state index in [0.717, 1.165) is 37.4 Å². The Kier molecular flexibility index (Phi) is 4.88. The molecule has 1 aromatic heterocycles. The second kappa shape index (κ2) is 6.90. The molecule has 0 bridgehead atoms. The number of aromatic nitrogens is 2. The van der Waals surface area contributed by atoms with Crippen molar-refractivity contribution in [3.05, 3.63) is 18.2 Å². The van der Waals surface area contributed by atoms with Crippen LogP contribution >= 0.6 is 11.7 Å². The summed E-state index contributed by atoms with van der Waals surface area (Å²) < 4.78 is 35.3. The second-order valence-electron chi connectivity index (χ2n) is 5.58. The predicted molar refractivity (Wildman–Crippen MR) is 87.6 cm³/mol. The van der Waals surface area contributed by atoms with Crippen molar-refractivity contribution in [2.45, 2.75) is 43.0 Å². The maximum absolute atomic E-state index is 12.4. The van der Waals surface area contributed by atoms with Crippen LogP contribution in [-0.4, -0.2) is 35.7 Å². The number of nitrogens with zero attached hydrogens (tertiary/aromatic N) is 2.